The average Bonchev–Trinajstić information content (AvgIpc) is 2.83. The van der Waals surface area contributed by atoms with Gasteiger partial charge in [0.25, 0.3) is 0 Å². The average molecular weight is 278 g/mol. The third-order valence-corrected chi connectivity index (χ3v) is 4.20. The maximum atomic E-state index is 9.75. The first-order valence-electron chi connectivity index (χ1n) is 6.79. The van der Waals surface area contributed by atoms with Crippen molar-refractivity contribution in [3.8, 4) is 5.75 Å². The van der Waals surface area contributed by atoms with Gasteiger partial charge in [0.2, 0.25) is 0 Å². The van der Waals surface area contributed by atoms with Crippen molar-refractivity contribution in [2.24, 2.45) is 0 Å². The zero-order chi connectivity index (χ0) is 14.7. The predicted octanol–water partition coefficient (Wildman–Crippen LogP) is 3.90. The van der Waals surface area contributed by atoms with Crippen LogP contribution in [0.4, 0.5) is 0 Å². The fourth-order valence-corrected chi connectivity index (χ4v) is 3.15. The molecular formula is C17H14N2O2. The number of aromatic nitrogens is 2. The van der Waals surface area contributed by atoms with E-state index in [1.54, 1.807) is 24.5 Å². The van der Waals surface area contributed by atoms with Crippen LogP contribution in [0.2, 0.25) is 0 Å². The number of aromatic hydroxyl groups is 1. The Bertz CT molecular complexity index is 1030. The van der Waals surface area contributed by atoms with Gasteiger partial charge >= 0.3 is 0 Å². The second-order valence-electron chi connectivity index (χ2n) is 5.44. The number of nitrogens with zero attached hydrogens (tertiary/aromatic N) is 2. The Kier molecular flexibility index (Phi) is 2.22. The number of fused-ring (bicyclic) bond motifs is 4. The van der Waals surface area contributed by atoms with Gasteiger partial charge in [-0.25, -0.2) is 9.71 Å². The number of aryl methyl sites for hydroxylation is 2. The van der Waals surface area contributed by atoms with E-state index in [4.69, 9.17) is 4.98 Å². The normalized spacial score (nSPS) is 11.7. The predicted molar refractivity (Wildman–Crippen MR) is 83.1 cm³/mol. The molecule has 0 saturated heterocycles. The third kappa shape index (κ3) is 1.53. The standard InChI is InChI=1S/C17H14N2O2/c1-9-14-8-19(21)6-5-12(14)10(2)17-16(9)13-7-11(20)3-4-15(13)18-17/h3-8,20-21H,1-2H3. The van der Waals surface area contributed by atoms with Crippen molar-refractivity contribution in [3.63, 3.8) is 0 Å². The van der Waals surface area contributed by atoms with Gasteiger partial charge in [-0.15, -0.1) is 0 Å². The minimum atomic E-state index is 0.235. The number of benzene rings is 2. The lowest BCUT2D eigenvalue weighted by atomic mass is 9.97. The van der Waals surface area contributed by atoms with Gasteiger partial charge in [-0.3, -0.25) is 0 Å². The molecular weight excluding hydrogens is 264 g/mol. The molecule has 104 valence electrons. The first-order chi connectivity index (χ1) is 10.1. The Hall–Kier alpha value is -2.75. The lowest BCUT2D eigenvalue weighted by Gasteiger charge is -2.09. The maximum Gasteiger partial charge on any atom is 0.116 e. The molecule has 0 bridgehead atoms. The van der Waals surface area contributed by atoms with Crippen LogP contribution >= 0.6 is 0 Å². The third-order valence-electron chi connectivity index (χ3n) is 4.20. The summed E-state index contributed by atoms with van der Waals surface area (Å²) in [5, 5.41) is 23.5. The first kappa shape index (κ1) is 12.0. The summed E-state index contributed by atoms with van der Waals surface area (Å²) in [5.41, 5.74) is 3.97. The van der Waals surface area contributed by atoms with Crippen LogP contribution in [-0.2, 0) is 0 Å². The molecule has 4 rings (SSSR count). The van der Waals surface area contributed by atoms with E-state index < -0.39 is 0 Å². The topological polar surface area (TPSA) is 58.3 Å². The summed E-state index contributed by atoms with van der Waals surface area (Å²) >= 11 is 0. The first-order valence-corrected chi connectivity index (χ1v) is 6.79. The maximum absolute atomic E-state index is 9.75. The van der Waals surface area contributed by atoms with E-state index in [-0.39, 0.29) is 5.75 Å². The second kappa shape index (κ2) is 3.88. The summed E-state index contributed by atoms with van der Waals surface area (Å²) in [5.74, 6) is 0.235. The van der Waals surface area contributed by atoms with Crippen molar-refractivity contribution < 1.29 is 10.3 Å². The molecule has 0 radical (unpaired) electrons. The molecule has 21 heavy (non-hydrogen) atoms. The number of phenolic OH excluding ortho intramolecular Hbond substituents is 1. The lowest BCUT2D eigenvalue weighted by molar-refractivity contribution is 0.186. The van der Waals surface area contributed by atoms with Crippen LogP contribution in [0, 0.1) is 13.8 Å². The summed E-state index contributed by atoms with van der Waals surface area (Å²) < 4.78 is 1.07. The van der Waals surface area contributed by atoms with E-state index in [0.29, 0.717) is 0 Å². The van der Waals surface area contributed by atoms with Crippen LogP contribution in [0.3, 0.4) is 0 Å². The molecule has 0 aliphatic heterocycles. The van der Waals surface area contributed by atoms with E-state index in [2.05, 4.69) is 0 Å². The van der Waals surface area contributed by atoms with Gasteiger partial charge in [0, 0.05) is 22.4 Å². The van der Waals surface area contributed by atoms with E-state index in [0.717, 1.165) is 48.4 Å². The molecule has 4 nitrogen and oxygen atoms in total. The number of pyridine rings is 1. The van der Waals surface area contributed by atoms with E-state index in [1.807, 2.05) is 26.0 Å². The monoisotopic (exact) mass is 278 g/mol. The molecule has 2 aromatic heterocycles. The van der Waals surface area contributed by atoms with E-state index in [1.165, 1.54) is 0 Å². The number of rotatable bonds is 0. The van der Waals surface area contributed by atoms with Crippen molar-refractivity contribution in [3.05, 3.63) is 47.8 Å². The Morgan fingerprint density at radius 3 is 2.62 bits per heavy atom. The molecule has 0 atom stereocenters. The van der Waals surface area contributed by atoms with Crippen molar-refractivity contribution in [1.82, 2.24) is 9.71 Å². The number of hydrogen-bond donors (Lipinski definition) is 2. The zero-order valence-electron chi connectivity index (χ0n) is 11.8. The van der Waals surface area contributed by atoms with Gasteiger partial charge in [-0.2, -0.15) is 0 Å². The molecule has 2 aromatic carbocycles. The van der Waals surface area contributed by atoms with Crippen molar-refractivity contribution in [2.75, 3.05) is 0 Å². The molecule has 2 heterocycles. The van der Waals surface area contributed by atoms with Crippen molar-refractivity contribution >= 4 is 32.6 Å². The fraction of sp³-hybridized carbons (Fsp3) is 0.118. The molecule has 0 fully saturated rings. The minimum absolute atomic E-state index is 0.235. The fourth-order valence-electron chi connectivity index (χ4n) is 3.15. The van der Waals surface area contributed by atoms with E-state index in [9.17, 15) is 10.3 Å². The zero-order valence-corrected chi connectivity index (χ0v) is 11.8. The number of phenols is 1. The Balaban J connectivity index is 2.34. The Labute approximate surface area is 120 Å². The Morgan fingerprint density at radius 2 is 1.81 bits per heavy atom. The highest BCUT2D eigenvalue weighted by Crippen LogP contribution is 2.37. The van der Waals surface area contributed by atoms with Gasteiger partial charge in [0.1, 0.15) is 5.75 Å². The highest BCUT2D eigenvalue weighted by molar-refractivity contribution is 6.16. The quantitative estimate of drug-likeness (QED) is 0.479. The molecule has 4 heteroatoms. The summed E-state index contributed by atoms with van der Waals surface area (Å²) in [6.45, 7) is 4.06. The van der Waals surface area contributed by atoms with E-state index >= 15 is 0 Å². The van der Waals surface area contributed by atoms with Gasteiger partial charge in [-0.05, 0) is 54.6 Å². The van der Waals surface area contributed by atoms with Crippen LogP contribution in [-0.4, -0.2) is 20.0 Å². The summed E-state index contributed by atoms with van der Waals surface area (Å²) in [6, 6.07) is 7.13. The molecule has 0 spiro atoms. The second-order valence-corrected chi connectivity index (χ2v) is 5.44. The van der Waals surface area contributed by atoms with Crippen LogP contribution < -0.4 is 0 Å². The SMILES string of the molecule is Cc1c2ccn(O)cc2c(C)c2c1nc1ccc(O)cc12. The van der Waals surface area contributed by atoms with Crippen LogP contribution in [0.1, 0.15) is 11.1 Å². The van der Waals surface area contributed by atoms with Gasteiger partial charge in [-0.1, -0.05) is 0 Å². The van der Waals surface area contributed by atoms with Gasteiger partial charge < -0.3 is 10.3 Å². The molecule has 0 saturated carbocycles. The highest BCUT2D eigenvalue weighted by Gasteiger charge is 2.15. The molecule has 0 aliphatic carbocycles. The molecule has 0 amide bonds. The van der Waals surface area contributed by atoms with Crippen LogP contribution in [0.15, 0.2) is 36.7 Å². The van der Waals surface area contributed by atoms with Gasteiger partial charge in [0.05, 0.1) is 17.2 Å². The molecule has 0 aliphatic rings. The largest absolute Gasteiger partial charge is 0.508 e. The lowest BCUT2D eigenvalue weighted by Crippen LogP contribution is -1.94. The van der Waals surface area contributed by atoms with Crippen LogP contribution in [0.5, 0.6) is 5.75 Å². The summed E-state index contributed by atoms with van der Waals surface area (Å²) in [7, 11) is 0. The molecule has 0 unspecified atom stereocenters. The van der Waals surface area contributed by atoms with Gasteiger partial charge in [0.15, 0.2) is 0 Å². The molecule has 2 N–H and O–H groups in total. The highest BCUT2D eigenvalue weighted by atomic mass is 16.5. The van der Waals surface area contributed by atoms with Crippen molar-refractivity contribution in [1.29, 1.82) is 0 Å². The van der Waals surface area contributed by atoms with Crippen LogP contribution in [0.25, 0.3) is 32.6 Å². The molecule has 4 aromatic rings. The summed E-state index contributed by atoms with van der Waals surface area (Å²) in [6.07, 6.45) is 3.33. The van der Waals surface area contributed by atoms with Crippen molar-refractivity contribution in [2.45, 2.75) is 13.8 Å². The smallest absolute Gasteiger partial charge is 0.116 e. The summed E-state index contributed by atoms with van der Waals surface area (Å²) in [4.78, 5) is 4.71. The minimum Gasteiger partial charge on any atom is -0.508 e. The Morgan fingerprint density at radius 1 is 1.00 bits per heavy atom. The number of hydrogen-bond acceptors (Lipinski definition) is 3.